The fourth-order valence-electron chi connectivity index (χ4n) is 5.21. The summed E-state index contributed by atoms with van der Waals surface area (Å²) in [6.07, 6.45) is 7.36. The second kappa shape index (κ2) is 15.6. The number of phenols is 1. The van der Waals surface area contributed by atoms with Gasteiger partial charge in [-0.3, -0.25) is 14.5 Å². The number of phenolic OH excluding ortho intramolecular Hbond substituents is 1. The molecule has 4 rings (SSSR count). The summed E-state index contributed by atoms with van der Waals surface area (Å²) >= 11 is 0. The van der Waals surface area contributed by atoms with Crippen LogP contribution in [0.1, 0.15) is 42.4 Å². The molecule has 41 heavy (non-hydrogen) atoms. The zero-order chi connectivity index (χ0) is 28.9. The summed E-state index contributed by atoms with van der Waals surface area (Å²) in [5.74, 6) is 0.608. The van der Waals surface area contributed by atoms with Gasteiger partial charge in [0.15, 0.2) is 11.5 Å². The topological polar surface area (TPSA) is 82.1 Å². The number of benzene rings is 3. The Bertz CT molecular complexity index is 1270. The Morgan fingerprint density at radius 2 is 1.68 bits per heavy atom. The van der Waals surface area contributed by atoms with Gasteiger partial charge in [-0.05, 0) is 79.6 Å². The predicted molar refractivity (Wildman–Crippen MR) is 162 cm³/mol. The Morgan fingerprint density at radius 3 is 2.37 bits per heavy atom. The van der Waals surface area contributed by atoms with E-state index in [2.05, 4.69) is 40.5 Å². The van der Waals surface area contributed by atoms with Gasteiger partial charge < -0.3 is 20.1 Å². The van der Waals surface area contributed by atoms with Gasteiger partial charge in [0.05, 0.1) is 13.7 Å². The van der Waals surface area contributed by atoms with Crippen LogP contribution in [-0.2, 0) is 22.7 Å². The second-order valence-corrected chi connectivity index (χ2v) is 10.6. The van der Waals surface area contributed by atoms with Crippen LogP contribution in [0.25, 0.3) is 6.08 Å². The van der Waals surface area contributed by atoms with Gasteiger partial charge in [0.1, 0.15) is 0 Å². The molecule has 0 aliphatic carbocycles. The number of nitrogens with zero attached hydrogens (tertiary/aromatic N) is 2. The molecule has 1 aliphatic rings. The lowest BCUT2D eigenvalue weighted by Crippen LogP contribution is -2.40. The highest BCUT2D eigenvalue weighted by Crippen LogP contribution is 2.27. The predicted octanol–water partition coefficient (Wildman–Crippen LogP) is 5.25. The van der Waals surface area contributed by atoms with E-state index in [0.717, 1.165) is 56.4 Å². The van der Waals surface area contributed by atoms with Crippen molar-refractivity contribution in [2.24, 2.45) is 5.92 Å². The van der Waals surface area contributed by atoms with Gasteiger partial charge in [0, 0.05) is 25.7 Å². The van der Waals surface area contributed by atoms with Gasteiger partial charge in [0.25, 0.3) is 0 Å². The molecule has 2 N–H and O–H groups in total. The van der Waals surface area contributed by atoms with Crippen LogP contribution in [0.2, 0.25) is 0 Å². The van der Waals surface area contributed by atoms with Gasteiger partial charge in [-0.15, -0.1) is 0 Å². The van der Waals surface area contributed by atoms with E-state index in [1.807, 2.05) is 30.3 Å². The summed E-state index contributed by atoms with van der Waals surface area (Å²) in [4.78, 5) is 30.2. The molecule has 3 aromatic carbocycles. The molecule has 0 aromatic heterocycles. The van der Waals surface area contributed by atoms with E-state index in [9.17, 15) is 14.7 Å². The van der Waals surface area contributed by atoms with Crippen molar-refractivity contribution in [2.75, 3.05) is 33.3 Å². The maximum atomic E-state index is 13.2. The minimum atomic E-state index is -0.218. The number of piperidine rings is 1. The molecule has 0 radical (unpaired) electrons. The minimum absolute atomic E-state index is 0.00439. The average Bonchev–Trinajstić information content (AvgIpc) is 3.01. The lowest BCUT2D eigenvalue weighted by atomic mass is 9.92. The van der Waals surface area contributed by atoms with E-state index in [0.29, 0.717) is 24.8 Å². The molecule has 0 spiro atoms. The first kappa shape index (κ1) is 29.9. The van der Waals surface area contributed by atoms with Crippen LogP contribution in [0, 0.1) is 5.92 Å². The van der Waals surface area contributed by atoms with Gasteiger partial charge in [-0.1, -0.05) is 66.7 Å². The molecule has 1 saturated heterocycles. The van der Waals surface area contributed by atoms with Crippen molar-refractivity contribution in [2.45, 2.75) is 38.8 Å². The summed E-state index contributed by atoms with van der Waals surface area (Å²) in [7, 11) is 1.48. The fraction of sp³-hybridized carbons (Fsp3) is 0.353. The summed E-state index contributed by atoms with van der Waals surface area (Å²) < 4.78 is 5.17. The Balaban J connectivity index is 1.30. The molecule has 7 heteroatoms. The highest BCUT2D eigenvalue weighted by atomic mass is 16.5. The molecule has 0 bridgehead atoms. The summed E-state index contributed by atoms with van der Waals surface area (Å²) in [5.41, 5.74) is 3.09. The zero-order valence-electron chi connectivity index (χ0n) is 23.9. The van der Waals surface area contributed by atoms with E-state index < -0.39 is 0 Å². The molecule has 7 nitrogen and oxygen atoms in total. The Labute approximate surface area is 243 Å². The lowest BCUT2D eigenvalue weighted by molar-refractivity contribution is -0.132. The lowest BCUT2D eigenvalue weighted by Gasteiger charge is -2.32. The first-order valence-corrected chi connectivity index (χ1v) is 14.4. The molecule has 1 fully saturated rings. The SMILES string of the molecule is COc1cc(/C=C/C(=O)N(CCCC2CCN(Cc3ccccc3)CC2)CC(=O)NCc2ccccc2)ccc1O. The monoisotopic (exact) mass is 555 g/mol. The quantitative estimate of drug-likeness (QED) is 0.282. The number of rotatable bonds is 13. The Kier molecular flexibility index (Phi) is 11.4. The number of methoxy groups -OCH3 is 1. The highest BCUT2D eigenvalue weighted by molar-refractivity contribution is 5.94. The van der Waals surface area contributed by atoms with E-state index in [1.54, 1.807) is 23.1 Å². The van der Waals surface area contributed by atoms with Crippen molar-refractivity contribution in [1.82, 2.24) is 15.1 Å². The summed E-state index contributed by atoms with van der Waals surface area (Å²) in [6.45, 7) is 4.11. The highest BCUT2D eigenvalue weighted by Gasteiger charge is 2.21. The van der Waals surface area contributed by atoms with Crippen molar-refractivity contribution in [3.05, 3.63) is 102 Å². The first-order valence-electron chi connectivity index (χ1n) is 14.4. The molecule has 0 atom stereocenters. The van der Waals surface area contributed by atoms with Crippen LogP contribution < -0.4 is 10.1 Å². The molecule has 1 heterocycles. The molecule has 0 unspecified atom stereocenters. The molecule has 2 amide bonds. The molecule has 0 saturated carbocycles. The number of likely N-dealkylation sites (tertiary alicyclic amines) is 1. The third-order valence-electron chi connectivity index (χ3n) is 7.60. The smallest absolute Gasteiger partial charge is 0.247 e. The van der Waals surface area contributed by atoms with Crippen molar-refractivity contribution < 1.29 is 19.4 Å². The maximum Gasteiger partial charge on any atom is 0.247 e. The van der Waals surface area contributed by atoms with E-state index >= 15 is 0 Å². The van der Waals surface area contributed by atoms with Gasteiger partial charge in [-0.2, -0.15) is 0 Å². The largest absolute Gasteiger partial charge is 0.504 e. The third-order valence-corrected chi connectivity index (χ3v) is 7.60. The number of carbonyl (C=O) groups is 2. The maximum absolute atomic E-state index is 13.2. The molecule has 1 aliphatic heterocycles. The Morgan fingerprint density at radius 1 is 1.00 bits per heavy atom. The fourth-order valence-corrected chi connectivity index (χ4v) is 5.21. The normalized spacial score (nSPS) is 14.2. The standard InChI is InChI=1S/C34H41N3O4/c1-41-32-23-28(14-16-31(32)38)15-17-34(40)37(26-33(39)35-24-29-9-4-2-5-10-29)20-8-13-27-18-21-36(22-19-27)25-30-11-6-3-7-12-30/h2-7,9-12,14-17,23,27,38H,8,13,18-22,24-26H2,1H3,(H,35,39)/b17-15+. The second-order valence-electron chi connectivity index (χ2n) is 10.6. The van der Waals surface area contributed by atoms with Crippen molar-refractivity contribution >= 4 is 17.9 Å². The number of aromatic hydroxyl groups is 1. The van der Waals surface area contributed by atoms with Gasteiger partial charge in [-0.25, -0.2) is 0 Å². The summed E-state index contributed by atoms with van der Waals surface area (Å²) in [6, 6.07) is 25.2. The third kappa shape index (κ3) is 9.80. The molecular weight excluding hydrogens is 514 g/mol. The van der Waals surface area contributed by atoms with Crippen LogP contribution in [-0.4, -0.2) is 60.0 Å². The number of amides is 2. The van der Waals surface area contributed by atoms with Crippen LogP contribution in [0.15, 0.2) is 84.9 Å². The zero-order valence-corrected chi connectivity index (χ0v) is 23.9. The van der Waals surface area contributed by atoms with E-state index in [4.69, 9.17) is 4.74 Å². The summed E-state index contributed by atoms with van der Waals surface area (Å²) in [5, 5.41) is 12.8. The van der Waals surface area contributed by atoms with Crippen LogP contribution >= 0.6 is 0 Å². The molecule has 216 valence electrons. The number of hydrogen-bond acceptors (Lipinski definition) is 5. The van der Waals surface area contributed by atoms with Crippen molar-refractivity contribution in [3.63, 3.8) is 0 Å². The molecule has 3 aromatic rings. The van der Waals surface area contributed by atoms with Crippen molar-refractivity contribution in [3.8, 4) is 11.5 Å². The van der Waals surface area contributed by atoms with Gasteiger partial charge in [0.2, 0.25) is 11.8 Å². The number of carbonyl (C=O) groups excluding carboxylic acids is 2. The first-order chi connectivity index (χ1) is 20.0. The number of nitrogens with one attached hydrogen (secondary N) is 1. The Hall–Kier alpha value is -4.10. The van der Waals surface area contributed by atoms with Crippen molar-refractivity contribution in [1.29, 1.82) is 0 Å². The van der Waals surface area contributed by atoms with Crippen LogP contribution in [0.3, 0.4) is 0 Å². The van der Waals surface area contributed by atoms with Crippen LogP contribution in [0.5, 0.6) is 11.5 Å². The van der Waals surface area contributed by atoms with E-state index in [-0.39, 0.29) is 24.1 Å². The van der Waals surface area contributed by atoms with E-state index in [1.165, 1.54) is 24.8 Å². The minimum Gasteiger partial charge on any atom is -0.504 e. The molecular formula is C34H41N3O4. The van der Waals surface area contributed by atoms with Crippen LogP contribution in [0.4, 0.5) is 0 Å². The average molecular weight is 556 g/mol. The van der Waals surface area contributed by atoms with Gasteiger partial charge >= 0.3 is 0 Å². The number of hydrogen-bond donors (Lipinski definition) is 2. The number of ether oxygens (including phenoxy) is 1.